The number of rotatable bonds is 2. The van der Waals surface area contributed by atoms with Crippen molar-refractivity contribution in [3.63, 3.8) is 0 Å². The molecule has 3 aromatic rings. The summed E-state index contributed by atoms with van der Waals surface area (Å²) in [6.07, 6.45) is 1.82. The molecule has 0 bridgehead atoms. The monoisotopic (exact) mass is 248 g/mol. The van der Waals surface area contributed by atoms with Crippen molar-refractivity contribution in [1.82, 2.24) is 4.98 Å². The molecule has 3 rings (SSSR count). The van der Waals surface area contributed by atoms with Gasteiger partial charge in [0.1, 0.15) is 0 Å². The second kappa shape index (κ2) is 4.82. The number of hydrogen-bond acceptors (Lipinski definition) is 2. The standard InChI is InChI=1S/C17H16N2/c1-12-4-5-15(11-18)16(9-12)13-6-7-17-14(10-13)3-2-8-19-17/h2-10H,11,18H2,1H3. The van der Waals surface area contributed by atoms with Crippen LogP contribution in [0.3, 0.4) is 0 Å². The first-order valence-corrected chi connectivity index (χ1v) is 6.43. The Morgan fingerprint density at radius 3 is 2.79 bits per heavy atom. The molecule has 19 heavy (non-hydrogen) atoms. The Bertz CT molecular complexity index is 732. The lowest BCUT2D eigenvalue weighted by Gasteiger charge is -2.10. The quantitative estimate of drug-likeness (QED) is 0.751. The Balaban J connectivity index is 2.21. The van der Waals surface area contributed by atoms with E-state index in [0.717, 1.165) is 10.9 Å². The molecular formula is C17H16N2. The van der Waals surface area contributed by atoms with Crippen LogP contribution in [-0.4, -0.2) is 4.98 Å². The van der Waals surface area contributed by atoms with Gasteiger partial charge in [0.2, 0.25) is 0 Å². The Labute approximate surface area is 112 Å². The molecule has 2 aromatic carbocycles. The first kappa shape index (κ1) is 11.9. The van der Waals surface area contributed by atoms with Crippen molar-refractivity contribution >= 4 is 10.9 Å². The van der Waals surface area contributed by atoms with Crippen molar-refractivity contribution in [3.8, 4) is 11.1 Å². The lowest BCUT2D eigenvalue weighted by Crippen LogP contribution is -1.99. The Hall–Kier alpha value is -2.19. The number of pyridine rings is 1. The van der Waals surface area contributed by atoms with Gasteiger partial charge in [0.05, 0.1) is 5.52 Å². The van der Waals surface area contributed by atoms with Crippen molar-refractivity contribution < 1.29 is 0 Å². The highest BCUT2D eigenvalue weighted by molar-refractivity contribution is 5.85. The van der Waals surface area contributed by atoms with Gasteiger partial charge in [-0.15, -0.1) is 0 Å². The summed E-state index contributed by atoms with van der Waals surface area (Å²) in [5.74, 6) is 0. The molecule has 0 fully saturated rings. The predicted octanol–water partition coefficient (Wildman–Crippen LogP) is 3.67. The van der Waals surface area contributed by atoms with Crippen molar-refractivity contribution in [2.24, 2.45) is 5.73 Å². The van der Waals surface area contributed by atoms with Gasteiger partial charge in [-0.3, -0.25) is 4.98 Å². The number of nitrogens with zero attached hydrogens (tertiary/aromatic N) is 1. The third-order valence-electron chi connectivity index (χ3n) is 3.40. The van der Waals surface area contributed by atoms with Gasteiger partial charge in [0, 0.05) is 18.1 Å². The second-order valence-corrected chi connectivity index (χ2v) is 4.78. The van der Waals surface area contributed by atoms with Crippen molar-refractivity contribution in [2.45, 2.75) is 13.5 Å². The molecular weight excluding hydrogens is 232 g/mol. The van der Waals surface area contributed by atoms with Crippen molar-refractivity contribution in [1.29, 1.82) is 0 Å². The molecule has 0 aliphatic heterocycles. The van der Waals surface area contributed by atoms with Crippen LogP contribution in [0, 0.1) is 6.92 Å². The second-order valence-electron chi connectivity index (χ2n) is 4.78. The molecule has 2 nitrogen and oxygen atoms in total. The molecule has 0 amide bonds. The highest BCUT2D eigenvalue weighted by Gasteiger charge is 2.05. The van der Waals surface area contributed by atoms with E-state index in [4.69, 9.17) is 5.73 Å². The third kappa shape index (κ3) is 2.23. The van der Waals surface area contributed by atoms with Gasteiger partial charge < -0.3 is 5.73 Å². The number of aryl methyl sites for hydroxylation is 1. The average Bonchev–Trinajstić information content (AvgIpc) is 2.46. The van der Waals surface area contributed by atoms with E-state index in [1.54, 1.807) is 0 Å². The van der Waals surface area contributed by atoms with E-state index in [0.29, 0.717) is 6.54 Å². The largest absolute Gasteiger partial charge is 0.326 e. The minimum Gasteiger partial charge on any atom is -0.326 e. The molecule has 1 heterocycles. The van der Waals surface area contributed by atoms with E-state index in [1.807, 2.05) is 12.3 Å². The number of hydrogen-bond donors (Lipinski definition) is 1. The van der Waals surface area contributed by atoms with Crippen LogP contribution in [-0.2, 0) is 6.54 Å². The SMILES string of the molecule is Cc1ccc(CN)c(-c2ccc3ncccc3c2)c1. The Kier molecular flexibility index (Phi) is 3.02. The molecule has 0 aliphatic rings. The zero-order chi connectivity index (χ0) is 13.2. The molecule has 0 spiro atoms. The maximum absolute atomic E-state index is 5.84. The zero-order valence-electron chi connectivity index (χ0n) is 10.9. The summed E-state index contributed by atoms with van der Waals surface area (Å²) < 4.78 is 0. The fraction of sp³-hybridized carbons (Fsp3) is 0.118. The summed E-state index contributed by atoms with van der Waals surface area (Å²) in [6.45, 7) is 2.66. The smallest absolute Gasteiger partial charge is 0.0702 e. The average molecular weight is 248 g/mol. The van der Waals surface area contributed by atoms with E-state index in [-0.39, 0.29) is 0 Å². The van der Waals surface area contributed by atoms with E-state index >= 15 is 0 Å². The number of aromatic nitrogens is 1. The minimum absolute atomic E-state index is 0.556. The first-order valence-electron chi connectivity index (χ1n) is 6.43. The summed E-state index contributed by atoms with van der Waals surface area (Å²) in [4.78, 5) is 4.35. The highest BCUT2D eigenvalue weighted by atomic mass is 14.6. The number of benzene rings is 2. The summed E-state index contributed by atoms with van der Waals surface area (Å²) in [6, 6.07) is 16.8. The molecule has 2 heteroatoms. The summed E-state index contributed by atoms with van der Waals surface area (Å²) in [5.41, 5.74) is 11.7. The van der Waals surface area contributed by atoms with Crippen LogP contribution in [0.4, 0.5) is 0 Å². The van der Waals surface area contributed by atoms with Gasteiger partial charge in [-0.1, -0.05) is 35.9 Å². The van der Waals surface area contributed by atoms with Crippen LogP contribution in [0.5, 0.6) is 0 Å². The van der Waals surface area contributed by atoms with Crippen molar-refractivity contribution in [2.75, 3.05) is 0 Å². The van der Waals surface area contributed by atoms with Crippen LogP contribution in [0.15, 0.2) is 54.7 Å². The van der Waals surface area contributed by atoms with Crippen molar-refractivity contribution in [3.05, 3.63) is 65.9 Å². The lowest BCUT2D eigenvalue weighted by molar-refractivity contribution is 1.07. The molecule has 94 valence electrons. The van der Waals surface area contributed by atoms with Crippen LogP contribution >= 0.6 is 0 Å². The van der Waals surface area contributed by atoms with Crippen LogP contribution in [0.25, 0.3) is 22.0 Å². The normalized spacial score (nSPS) is 10.8. The molecule has 1 aromatic heterocycles. The van der Waals surface area contributed by atoms with Gasteiger partial charge >= 0.3 is 0 Å². The fourth-order valence-corrected chi connectivity index (χ4v) is 2.38. The first-order chi connectivity index (χ1) is 9.28. The Morgan fingerprint density at radius 1 is 1.05 bits per heavy atom. The topological polar surface area (TPSA) is 38.9 Å². The van der Waals surface area contributed by atoms with Crippen LogP contribution in [0.1, 0.15) is 11.1 Å². The third-order valence-corrected chi connectivity index (χ3v) is 3.40. The van der Waals surface area contributed by atoms with E-state index in [1.165, 1.54) is 22.3 Å². The van der Waals surface area contributed by atoms with Gasteiger partial charge in [-0.2, -0.15) is 0 Å². The maximum atomic E-state index is 5.84. The summed E-state index contributed by atoms with van der Waals surface area (Å²) >= 11 is 0. The maximum Gasteiger partial charge on any atom is 0.0702 e. The molecule has 0 saturated carbocycles. The molecule has 0 unspecified atom stereocenters. The molecule has 0 saturated heterocycles. The van der Waals surface area contributed by atoms with Gasteiger partial charge in [-0.25, -0.2) is 0 Å². The zero-order valence-corrected chi connectivity index (χ0v) is 10.9. The van der Waals surface area contributed by atoms with E-state index in [2.05, 4.69) is 54.4 Å². The number of nitrogens with two attached hydrogens (primary N) is 1. The van der Waals surface area contributed by atoms with Gasteiger partial charge in [-0.05, 0) is 41.8 Å². The Morgan fingerprint density at radius 2 is 1.95 bits per heavy atom. The van der Waals surface area contributed by atoms with Gasteiger partial charge in [0.25, 0.3) is 0 Å². The van der Waals surface area contributed by atoms with E-state index in [9.17, 15) is 0 Å². The molecule has 0 atom stereocenters. The molecule has 0 aliphatic carbocycles. The lowest BCUT2D eigenvalue weighted by atomic mass is 9.96. The fourth-order valence-electron chi connectivity index (χ4n) is 2.38. The molecule has 0 radical (unpaired) electrons. The summed E-state index contributed by atoms with van der Waals surface area (Å²) in [5, 5.41) is 1.16. The number of fused-ring (bicyclic) bond motifs is 1. The van der Waals surface area contributed by atoms with Gasteiger partial charge in [0.15, 0.2) is 0 Å². The van der Waals surface area contributed by atoms with Crippen LogP contribution < -0.4 is 5.73 Å². The molecule has 2 N–H and O–H groups in total. The van der Waals surface area contributed by atoms with Crippen LogP contribution in [0.2, 0.25) is 0 Å². The summed E-state index contributed by atoms with van der Waals surface area (Å²) in [7, 11) is 0. The predicted molar refractivity (Wildman–Crippen MR) is 79.8 cm³/mol. The minimum atomic E-state index is 0.556. The van der Waals surface area contributed by atoms with E-state index < -0.39 is 0 Å². The highest BCUT2D eigenvalue weighted by Crippen LogP contribution is 2.27.